The summed E-state index contributed by atoms with van der Waals surface area (Å²) in [5.41, 5.74) is 6.89. The number of esters is 1. The third-order valence-corrected chi connectivity index (χ3v) is 3.81. The molecule has 20 heavy (non-hydrogen) atoms. The third-order valence-electron chi connectivity index (χ3n) is 3.81. The Kier molecular flexibility index (Phi) is 3.48. The minimum Gasteiger partial charge on any atom is -0.462 e. The van der Waals surface area contributed by atoms with Crippen LogP contribution in [0.25, 0.3) is 0 Å². The SMILES string of the molecule is CCOC(=O)c1ccnc(N2CC3CCC(C2)O3)c1N. The number of hydrogen-bond acceptors (Lipinski definition) is 6. The first kappa shape index (κ1) is 13.2. The molecule has 2 fully saturated rings. The van der Waals surface area contributed by atoms with E-state index in [2.05, 4.69) is 9.88 Å². The van der Waals surface area contributed by atoms with Crippen LogP contribution < -0.4 is 10.6 Å². The molecule has 2 unspecified atom stereocenters. The van der Waals surface area contributed by atoms with Crippen molar-refractivity contribution in [1.29, 1.82) is 0 Å². The number of nitrogens with two attached hydrogens (primary N) is 1. The maximum atomic E-state index is 11.9. The van der Waals surface area contributed by atoms with Crippen molar-refractivity contribution >= 4 is 17.5 Å². The van der Waals surface area contributed by atoms with E-state index < -0.39 is 5.97 Å². The molecule has 2 atom stereocenters. The van der Waals surface area contributed by atoms with Gasteiger partial charge >= 0.3 is 5.97 Å². The second-order valence-corrected chi connectivity index (χ2v) is 5.18. The lowest BCUT2D eigenvalue weighted by molar-refractivity contribution is 0.0303. The normalized spacial score (nSPS) is 24.8. The molecule has 0 aliphatic carbocycles. The number of aromatic nitrogens is 1. The number of fused-ring (bicyclic) bond motifs is 2. The van der Waals surface area contributed by atoms with Crippen molar-refractivity contribution in [3.8, 4) is 0 Å². The van der Waals surface area contributed by atoms with E-state index in [4.69, 9.17) is 15.2 Å². The summed E-state index contributed by atoms with van der Waals surface area (Å²) in [5, 5.41) is 0. The van der Waals surface area contributed by atoms with Gasteiger partial charge in [-0.15, -0.1) is 0 Å². The van der Waals surface area contributed by atoms with Crippen molar-refractivity contribution in [3.63, 3.8) is 0 Å². The lowest BCUT2D eigenvalue weighted by Gasteiger charge is -2.33. The maximum absolute atomic E-state index is 11.9. The molecule has 6 heteroatoms. The first-order valence-corrected chi connectivity index (χ1v) is 7.01. The quantitative estimate of drug-likeness (QED) is 0.837. The van der Waals surface area contributed by atoms with E-state index in [1.165, 1.54) is 0 Å². The molecule has 0 spiro atoms. The predicted octanol–water partition coefficient (Wildman–Crippen LogP) is 1.21. The summed E-state index contributed by atoms with van der Waals surface area (Å²) < 4.78 is 10.8. The monoisotopic (exact) mass is 277 g/mol. The molecule has 1 aromatic heterocycles. The first-order chi connectivity index (χ1) is 9.69. The molecule has 0 radical (unpaired) electrons. The van der Waals surface area contributed by atoms with Gasteiger partial charge in [0.2, 0.25) is 0 Å². The Morgan fingerprint density at radius 3 is 2.85 bits per heavy atom. The molecule has 3 heterocycles. The Bertz CT molecular complexity index is 508. The van der Waals surface area contributed by atoms with Gasteiger partial charge in [-0.25, -0.2) is 9.78 Å². The van der Waals surface area contributed by atoms with Gasteiger partial charge in [-0.1, -0.05) is 0 Å². The molecule has 1 aromatic rings. The molecule has 2 N–H and O–H groups in total. The van der Waals surface area contributed by atoms with E-state index >= 15 is 0 Å². The average molecular weight is 277 g/mol. The van der Waals surface area contributed by atoms with Crippen LogP contribution in [0.15, 0.2) is 12.3 Å². The van der Waals surface area contributed by atoms with Crippen molar-refractivity contribution in [2.45, 2.75) is 32.0 Å². The highest BCUT2D eigenvalue weighted by molar-refractivity contribution is 5.97. The van der Waals surface area contributed by atoms with Crippen molar-refractivity contribution in [2.75, 3.05) is 30.3 Å². The summed E-state index contributed by atoms with van der Waals surface area (Å²) in [6.45, 7) is 3.66. The lowest BCUT2D eigenvalue weighted by atomic mass is 10.2. The van der Waals surface area contributed by atoms with Crippen LogP contribution in [-0.4, -0.2) is 42.9 Å². The number of carbonyl (C=O) groups excluding carboxylic acids is 1. The van der Waals surface area contributed by atoms with Crippen molar-refractivity contribution in [2.24, 2.45) is 0 Å². The Morgan fingerprint density at radius 1 is 1.50 bits per heavy atom. The fourth-order valence-corrected chi connectivity index (χ4v) is 2.89. The molecule has 6 nitrogen and oxygen atoms in total. The van der Waals surface area contributed by atoms with E-state index in [0.29, 0.717) is 23.7 Å². The van der Waals surface area contributed by atoms with E-state index in [-0.39, 0.29) is 12.2 Å². The molecule has 3 rings (SSSR count). The number of anilines is 2. The van der Waals surface area contributed by atoms with Crippen LogP contribution in [0.3, 0.4) is 0 Å². The first-order valence-electron chi connectivity index (χ1n) is 7.01. The summed E-state index contributed by atoms with van der Waals surface area (Å²) in [4.78, 5) is 18.3. The molecule has 0 amide bonds. The van der Waals surface area contributed by atoms with Crippen LogP contribution in [0.1, 0.15) is 30.1 Å². The molecular weight excluding hydrogens is 258 g/mol. The van der Waals surface area contributed by atoms with Gasteiger partial charge in [0.1, 0.15) is 0 Å². The van der Waals surface area contributed by atoms with Crippen molar-refractivity contribution in [3.05, 3.63) is 17.8 Å². The summed E-state index contributed by atoms with van der Waals surface area (Å²) in [6.07, 6.45) is 4.27. The fraction of sp³-hybridized carbons (Fsp3) is 0.571. The third kappa shape index (κ3) is 2.31. The second-order valence-electron chi connectivity index (χ2n) is 5.18. The number of morpholine rings is 1. The Labute approximate surface area is 117 Å². The summed E-state index contributed by atoms with van der Waals surface area (Å²) >= 11 is 0. The van der Waals surface area contributed by atoms with E-state index in [0.717, 1.165) is 25.9 Å². The highest BCUT2D eigenvalue weighted by atomic mass is 16.5. The van der Waals surface area contributed by atoms with Gasteiger partial charge in [-0.3, -0.25) is 0 Å². The lowest BCUT2D eigenvalue weighted by Crippen LogP contribution is -2.43. The van der Waals surface area contributed by atoms with Crippen molar-refractivity contribution in [1.82, 2.24) is 4.98 Å². The number of carbonyl (C=O) groups is 1. The zero-order chi connectivity index (χ0) is 14.1. The van der Waals surface area contributed by atoms with E-state index in [1.54, 1.807) is 19.2 Å². The highest BCUT2D eigenvalue weighted by Crippen LogP contribution is 2.32. The molecule has 0 aromatic carbocycles. The maximum Gasteiger partial charge on any atom is 0.340 e. The largest absolute Gasteiger partial charge is 0.462 e. The van der Waals surface area contributed by atoms with Crippen LogP contribution in [0.4, 0.5) is 11.5 Å². The van der Waals surface area contributed by atoms with Crippen LogP contribution in [0, 0.1) is 0 Å². The number of nitrogen functional groups attached to an aromatic ring is 1. The van der Waals surface area contributed by atoms with Gasteiger partial charge in [0.25, 0.3) is 0 Å². The van der Waals surface area contributed by atoms with Gasteiger partial charge in [0, 0.05) is 19.3 Å². The van der Waals surface area contributed by atoms with Crippen LogP contribution in [0.5, 0.6) is 0 Å². The van der Waals surface area contributed by atoms with Gasteiger partial charge in [0.05, 0.1) is 30.1 Å². The molecule has 2 saturated heterocycles. The van der Waals surface area contributed by atoms with Gasteiger partial charge < -0.3 is 20.1 Å². The fourth-order valence-electron chi connectivity index (χ4n) is 2.89. The van der Waals surface area contributed by atoms with Crippen LogP contribution in [-0.2, 0) is 9.47 Å². The van der Waals surface area contributed by atoms with E-state index in [1.807, 2.05) is 0 Å². The standard InChI is InChI=1S/C14H19N3O3/c1-2-19-14(18)11-5-6-16-13(12(11)15)17-7-9-3-4-10(8-17)20-9/h5-6,9-10H,2-4,7-8,15H2,1H3. The molecule has 2 aliphatic rings. The number of ether oxygens (including phenoxy) is 2. The second kappa shape index (κ2) is 5.28. The van der Waals surface area contributed by atoms with Crippen molar-refractivity contribution < 1.29 is 14.3 Å². The van der Waals surface area contributed by atoms with Gasteiger partial charge in [0.15, 0.2) is 5.82 Å². The van der Waals surface area contributed by atoms with Crippen LogP contribution in [0.2, 0.25) is 0 Å². The molecule has 108 valence electrons. The topological polar surface area (TPSA) is 77.7 Å². The van der Waals surface area contributed by atoms with Crippen LogP contribution >= 0.6 is 0 Å². The Hall–Kier alpha value is -1.82. The summed E-state index contributed by atoms with van der Waals surface area (Å²) in [5.74, 6) is 0.264. The minimum atomic E-state index is -0.398. The number of nitrogens with zero attached hydrogens (tertiary/aromatic N) is 2. The zero-order valence-corrected chi connectivity index (χ0v) is 11.5. The average Bonchev–Trinajstić information content (AvgIpc) is 2.78. The highest BCUT2D eigenvalue weighted by Gasteiger charge is 2.35. The molecular formula is C14H19N3O3. The van der Waals surface area contributed by atoms with Gasteiger partial charge in [-0.05, 0) is 25.8 Å². The molecule has 2 bridgehead atoms. The number of hydrogen-bond donors (Lipinski definition) is 1. The summed E-state index contributed by atoms with van der Waals surface area (Å²) in [7, 11) is 0. The van der Waals surface area contributed by atoms with E-state index in [9.17, 15) is 4.79 Å². The molecule has 0 saturated carbocycles. The number of pyridine rings is 1. The minimum absolute atomic E-state index is 0.251. The Morgan fingerprint density at radius 2 is 2.20 bits per heavy atom. The summed E-state index contributed by atoms with van der Waals surface area (Å²) in [6, 6.07) is 1.60. The van der Waals surface area contributed by atoms with Gasteiger partial charge in [-0.2, -0.15) is 0 Å². The Balaban J connectivity index is 1.86. The number of rotatable bonds is 3. The predicted molar refractivity (Wildman–Crippen MR) is 74.7 cm³/mol. The zero-order valence-electron chi connectivity index (χ0n) is 11.5. The smallest absolute Gasteiger partial charge is 0.340 e. The molecule has 2 aliphatic heterocycles.